The summed E-state index contributed by atoms with van der Waals surface area (Å²) in [6.45, 7) is 2.00. The molecule has 2 heteroatoms. The molecule has 0 aromatic heterocycles. The van der Waals surface area contributed by atoms with Crippen LogP contribution in [-0.4, -0.2) is 5.78 Å². The molecular formula is C11H15NO. The molecule has 1 rings (SSSR count). The Labute approximate surface area is 79.2 Å². The lowest BCUT2D eigenvalue weighted by molar-refractivity contribution is -0.118. The van der Waals surface area contributed by atoms with Gasteiger partial charge in [0.2, 0.25) is 0 Å². The molecule has 2 nitrogen and oxygen atoms in total. The summed E-state index contributed by atoms with van der Waals surface area (Å²) in [6.07, 6.45) is 5.69. The van der Waals surface area contributed by atoms with Crippen LogP contribution in [0, 0.1) is 17.2 Å². The molecule has 0 spiro atoms. The third-order valence-electron chi connectivity index (χ3n) is 2.70. The normalized spacial score (nSPS) is 26.9. The molecule has 0 heterocycles. The summed E-state index contributed by atoms with van der Waals surface area (Å²) in [5.41, 5.74) is 1.30. The zero-order valence-electron chi connectivity index (χ0n) is 8.05. The molecular weight excluding hydrogens is 162 g/mol. The van der Waals surface area contributed by atoms with Gasteiger partial charge in [0.15, 0.2) is 0 Å². The van der Waals surface area contributed by atoms with Gasteiger partial charge in [-0.25, -0.2) is 0 Å². The molecule has 0 radical (unpaired) electrons. The Bertz CT molecular complexity index is 260. The second kappa shape index (κ2) is 4.81. The second-order valence-corrected chi connectivity index (χ2v) is 3.50. The molecule has 1 atom stereocenters. The number of carbonyl (C=O) groups is 1. The number of nitrogens with zero attached hydrogens (tertiary/aromatic N) is 1. The van der Waals surface area contributed by atoms with Crippen LogP contribution in [0.15, 0.2) is 11.6 Å². The van der Waals surface area contributed by atoms with Crippen LogP contribution >= 0.6 is 0 Å². The van der Waals surface area contributed by atoms with Crippen molar-refractivity contribution < 1.29 is 4.79 Å². The summed E-state index contributed by atoms with van der Waals surface area (Å²) >= 11 is 0. The Kier molecular flexibility index (Phi) is 3.70. The number of rotatable bonds is 1. The van der Waals surface area contributed by atoms with Gasteiger partial charge in [-0.2, -0.15) is 5.26 Å². The Balaban J connectivity index is 2.68. The van der Waals surface area contributed by atoms with Gasteiger partial charge < -0.3 is 0 Å². The van der Waals surface area contributed by atoms with Gasteiger partial charge in [0.1, 0.15) is 5.78 Å². The molecule has 0 bridgehead atoms. The summed E-state index contributed by atoms with van der Waals surface area (Å²) in [5.74, 6) is 0.682. The van der Waals surface area contributed by atoms with Gasteiger partial charge in [-0.3, -0.25) is 4.79 Å². The zero-order valence-corrected chi connectivity index (χ0v) is 8.05. The maximum atomic E-state index is 11.2. The van der Waals surface area contributed by atoms with E-state index >= 15 is 0 Å². The van der Waals surface area contributed by atoms with Crippen LogP contribution < -0.4 is 0 Å². The molecule has 70 valence electrons. The third kappa shape index (κ3) is 2.69. The Hall–Kier alpha value is -1.10. The summed E-state index contributed by atoms with van der Waals surface area (Å²) in [4.78, 5) is 11.2. The third-order valence-corrected chi connectivity index (χ3v) is 2.70. The van der Waals surface area contributed by atoms with Gasteiger partial charge in [-0.05, 0) is 25.7 Å². The maximum Gasteiger partial charge on any atom is 0.133 e. The molecule has 1 unspecified atom stereocenters. The van der Waals surface area contributed by atoms with Gasteiger partial charge >= 0.3 is 0 Å². The van der Waals surface area contributed by atoms with Crippen molar-refractivity contribution in [2.45, 2.75) is 39.0 Å². The van der Waals surface area contributed by atoms with Crippen molar-refractivity contribution in [2.24, 2.45) is 5.92 Å². The smallest absolute Gasteiger partial charge is 0.133 e. The molecule has 0 N–H and O–H groups in total. The number of Topliss-reactive ketones (excluding diaryl/α,β-unsaturated/α-hetero) is 1. The number of ketones is 1. The van der Waals surface area contributed by atoms with Crippen LogP contribution in [-0.2, 0) is 4.79 Å². The van der Waals surface area contributed by atoms with Crippen LogP contribution in [0.3, 0.4) is 0 Å². The van der Waals surface area contributed by atoms with Gasteiger partial charge in [0.05, 0.1) is 6.07 Å². The molecule has 0 aliphatic heterocycles. The largest absolute Gasteiger partial charge is 0.300 e. The lowest BCUT2D eigenvalue weighted by Crippen LogP contribution is -2.01. The van der Waals surface area contributed by atoms with Crippen molar-refractivity contribution in [3.8, 4) is 6.07 Å². The highest BCUT2D eigenvalue weighted by Crippen LogP contribution is 2.28. The highest BCUT2D eigenvalue weighted by molar-refractivity contribution is 5.79. The van der Waals surface area contributed by atoms with Gasteiger partial charge in [0, 0.05) is 19.3 Å². The molecule has 1 saturated carbocycles. The van der Waals surface area contributed by atoms with Crippen molar-refractivity contribution in [2.75, 3.05) is 0 Å². The van der Waals surface area contributed by atoms with Crippen LogP contribution in [0.1, 0.15) is 39.0 Å². The highest BCUT2D eigenvalue weighted by Gasteiger charge is 2.19. The standard InChI is InChI=1S/C11H15NO/c1-2-9-3-5-11(13)6-4-10(9)7-8-12/h2,10H,3-7H2,1H3/b9-2+. The van der Waals surface area contributed by atoms with Crippen molar-refractivity contribution in [3.63, 3.8) is 0 Å². The number of hydrogen-bond donors (Lipinski definition) is 0. The van der Waals surface area contributed by atoms with E-state index in [0.717, 1.165) is 12.8 Å². The van der Waals surface area contributed by atoms with E-state index in [1.54, 1.807) is 0 Å². The molecule has 0 saturated heterocycles. The molecule has 1 fully saturated rings. The minimum absolute atomic E-state index is 0.335. The minimum atomic E-state index is 0.335. The Morgan fingerprint density at radius 2 is 2.31 bits per heavy atom. The van der Waals surface area contributed by atoms with Crippen LogP contribution in [0.5, 0.6) is 0 Å². The lowest BCUT2D eigenvalue weighted by Gasteiger charge is -2.12. The molecule has 1 aliphatic rings. The van der Waals surface area contributed by atoms with Crippen molar-refractivity contribution >= 4 is 5.78 Å². The van der Waals surface area contributed by atoms with E-state index in [0.29, 0.717) is 31.0 Å². The predicted molar refractivity (Wildman–Crippen MR) is 51.0 cm³/mol. The summed E-state index contributed by atoms with van der Waals surface area (Å²) in [6, 6.07) is 2.19. The van der Waals surface area contributed by atoms with Crippen LogP contribution in [0.2, 0.25) is 0 Å². The number of allylic oxidation sites excluding steroid dienone is 2. The van der Waals surface area contributed by atoms with E-state index in [4.69, 9.17) is 5.26 Å². The summed E-state index contributed by atoms with van der Waals surface area (Å²) in [5, 5.41) is 8.63. The van der Waals surface area contributed by atoms with Crippen molar-refractivity contribution in [3.05, 3.63) is 11.6 Å². The van der Waals surface area contributed by atoms with Gasteiger partial charge in [-0.1, -0.05) is 11.6 Å². The molecule has 13 heavy (non-hydrogen) atoms. The average molecular weight is 177 g/mol. The first-order valence-electron chi connectivity index (χ1n) is 4.81. The topological polar surface area (TPSA) is 40.9 Å². The molecule has 0 aromatic rings. The first-order valence-corrected chi connectivity index (χ1v) is 4.81. The lowest BCUT2D eigenvalue weighted by atomic mass is 9.91. The van der Waals surface area contributed by atoms with E-state index in [-0.39, 0.29) is 0 Å². The van der Waals surface area contributed by atoms with Crippen molar-refractivity contribution in [1.29, 1.82) is 5.26 Å². The number of carbonyl (C=O) groups excluding carboxylic acids is 1. The van der Waals surface area contributed by atoms with E-state index in [2.05, 4.69) is 12.1 Å². The molecule has 1 aliphatic carbocycles. The Morgan fingerprint density at radius 3 is 2.92 bits per heavy atom. The van der Waals surface area contributed by atoms with Crippen molar-refractivity contribution in [1.82, 2.24) is 0 Å². The van der Waals surface area contributed by atoms with E-state index in [1.807, 2.05) is 6.92 Å². The first-order chi connectivity index (χ1) is 6.27. The van der Waals surface area contributed by atoms with E-state index in [1.165, 1.54) is 5.57 Å². The monoisotopic (exact) mass is 177 g/mol. The van der Waals surface area contributed by atoms with Gasteiger partial charge in [0.25, 0.3) is 0 Å². The van der Waals surface area contributed by atoms with Crippen LogP contribution in [0.4, 0.5) is 0 Å². The average Bonchev–Trinajstić information content (AvgIpc) is 2.30. The zero-order chi connectivity index (χ0) is 9.68. The second-order valence-electron chi connectivity index (χ2n) is 3.50. The predicted octanol–water partition coefficient (Wildman–Crippen LogP) is 2.61. The first kappa shape index (κ1) is 9.98. The van der Waals surface area contributed by atoms with E-state index < -0.39 is 0 Å². The highest BCUT2D eigenvalue weighted by atomic mass is 16.1. The molecule has 0 aromatic carbocycles. The number of hydrogen-bond acceptors (Lipinski definition) is 2. The maximum absolute atomic E-state index is 11.2. The minimum Gasteiger partial charge on any atom is -0.300 e. The quantitative estimate of drug-likeness (QED) is 0.456. The van der Waals surface area contributed by atoms with Gasteiger partial charge in [-0.15, -0.1) is 0 Å². The fourth-order valence-corrected chi connectivity index (χ4v) is 1.86. The SMILES string of the molecule is C/C=C1\CCC(=O)CCC1CC#N. The Morgan fingerprint density at radius 1 is 1.54 bits per heavy atom. The summed E-state index contributed by atoms with van der Waals surface area (Å²) in [7, 11) is 0. The molecule has 0 amide bonds. The van der Waals surface area contributed by atoms with Crippen LogP contribution in [0.25, 0.3) is 0 Å². The summed E-state index contributed by atoms with van der Waals surface area (Å²) < 4.78 is 0. The van der Waals surface area contributed by atoms with E-state index in [9.17, 15) is 4.79 Å². The number of nitriles is 1. The fourth-order valence-electron chi connectivity index (χ4n) is 1.86. The fraction of sp³-hybridized carbons (Fsp3) is 0.636.